The van der Waals surface area contributed by atoms with E-state index >= 15 is 0 Å². The number of nitrogens with zero attached hydrogens (tertiary/aromatic N) is 4. The van der Waals surface area contributed by atoms with Crippen molar-refractivity contribution in [2.75, 3.05) is 13.1 Å². The lowest BCUT2D eigenvalue weighted by atomic mass is 10.1. The summed E-state index contributed by atoms with van der Waals surface area (Å²) in [4.78, 5) is 9.12. The molecule has 0 fully saturated rings. The third kappa shape index (κ3) is 6.63. The van der Waals surface area contributed by atoms with Gasteiger partial charge in [0.05, 0.1) is 17.9 Å². The maximum atomic E-state index is 4.62. The largest absolute Gasteiger partial charge is 0.357 e. The van der Waals surface area contributed by atoms with Crippen molar-refractivity contribution in [1.29, 1.82) is 0 Å². The third-order valence-electron chi connectivity index (χ3n) is 4.10. The van der Waals surface area contributed by atoms with Gasteiger partial charge in [0.2, 0.25) is 0 Å². The van der Waals surface area contributed by atoms with E-state index in [0.717, 1.165) is 42.5 Å². The van der Waals surface area contributed by atoms with Crippen molar-refractivity contribution >= 4 is 29.9 Å². The van der Waals surface area contributed by atoms with Crippen molar-refractivity contribution in [3.8, 4) is 5.69 Å². The lowest BCUT2D eigenvalue weighted by Crippen LogP contribution is -2.38. The van der Waals surface area contributed by atoms with Gasteiger partial charge in [0.1, 0.15) is 0 Å². The first-order chi connectivity index (χ1) is 13.2. The molecule has 7 heteroatoms. The van der Waals surface area contributed by atoms with Crippen molar-refractivity contribution in [2.45, 2.75) is 26.8 Å². The molecular weight excluding hydrogens is 463 g/mol. The van der Waals surface area contributed by atoms with E-state index in [1.807, 2.05) is 42.1 Å². The maximum Gasteiger partial charge on any atom is 0.191 e. The summed E-state index contributed by atoms with van der Waals surface area (Å²) in [5, 5.41) is 10.9. The molecule has 2 heterocycles. The zero-order chi connectivity index (χ0) is 18.9. The van der Waals surface area contributed by atoms with Gasteiger partial charge < -0.3 is 10.6 Å². The molecular formula is C21H27IN6. The summed E-state index contributed by atoms with van der Waals surface area (Å²) in [5.74, 6) is 0.814. The van der Waals surface area contributed by atoms with E-state index in [1.165, 1.54) is 5.56 Å². The van der Waals surface area contributed by atoms with Crippen LogP contribution >= 0.6 is 24.0 Å². The zero-order valence-electron chi connectivity index (χ0n) is 16.3. The highest BCUT2D eigenvalue weighted by molar-refractivity contribution is 14.0. The van der Waals surface area contributed by atoms with Crippen LogP contribution < -0.4 is 10.6 Å². The molecule has 0 spiro atoms. The van der Waals surface area contributed by atoms with Crippen LogP contribution in [0.1, 0.15) is 23.9 Å². The molecule has 0 aliphatic heterocycles. The van der Waals surface area contributed by atoms with Gasteiger partial charge in [-0.3, -0.25) is 4.98 Å². The molecule has 0 amide bonds. The first-order valence-electron chi connectivity index (χ1n) is 9.28. The van der Waals surface area contributed by atoms with Crippen LogP contribution in [-0.2, 0) is 13.0 Å². The number of aliphatic imine (C=N–C) groups is 1. The SMILES string of the molecule is CCNC(=NCc1cccc(C)n1)NCCc1ccc(-n2cccn2)cc1.I. The van der Waals surface area contributed by atoms with E-state index in [0.29, 0.717) is 6.54 Å². The minimum Gasteiger partial charge on any atom is -0.357 e. The van der Waals surface area contributed by atoms with Gasteiger partial charge >= 0.3 is 0 Å². The van der Waals surface area contributed by atoms with Gasteiger partial charge in [-0.05, 0) is 56.2 Å². The number of rotatable bonds is 7. The highest BCUT2D eigenvalue weighted by atomic mass is 127. The van der Waals surface area contributed by atoms with Gasteiger partial charge in [0.15, 0.2) is 5.96 Å². The zero-order valence-corrected chi connectivity index (χ0v) is 18.6. The molecule has 0 aliphatic rings. The van der Waals surface area contributed by atoms with Gasteiger partial charge in [0.25, 0.3) is 0 Å². The summed E-state index contributed by atoms with van der Waals surface area (Å²) in [6.07, 6.45) is 4.65. The molecule has 0 aliphatic carbocycles. The summed E-state index contributed by atoms with van der Waals surface area (Å²) >= 11 is 0. The molecule has 0 atom stereocenters. The van der Waals surface area contributed by atoms with Gasteiger partial charge in [-0.25, -0.2) is 9.67 Å². The van der Waals surface area contributed by atoms with Crippen LogP contribution in [0.15, 0.2) is 65.9 Å². The standard InChI is InChI=1S/C21H26N6.HI/c1-3-22-21(24-16-19-7-4-6-17(2)26-19)23-14-12-18-8-10-20(11-9-18)27-15-5-13-25-27;/h4-11,13,15H,3,12,14,16H2,1-2H3,(H2,22,23,24);1H. The average Bonchev–Trinajstić information content (AvgIpc) is 3.21. The molecule has 28 heavy (non-hydrogen) atoms. The van der Waals surface area contributed by atoms with Crippen molar-refractivity contribution in [3.05, 3.63) is 77.9 Å². The van der Waals surface area contributed by atoms with Crippen molar-refractivity contribution in [2.24, 2.45) is 4.99 Å². The van der Waals surface area contributed by atoms with Crippen LogP contribution in [0.2, 0.25) is 0 Å². The minimum atomic E-state index is 0. The molecule has 0 saturated heterocycles. The summed E-state index contributed by atoms with van der Waals surface area (Å²) < 4.78 is 1.86. The van der Waals surface area contributed by atoms with E-state index in [2.05, 4.69) is 56.9 Å². The summed E-state index contributed by atoms with van der Waals surface area (Å²) in [5.41, 5.74) is 4.33. The smallest absolute Gasteiger partial charge is 0.191 e. The number of nitrogens with one attached hydrogen (secondary N) is 2. The molecule has 1 aromatic carbocycles. The third-order valence-corrected chi connectivity index (χ3v) is 4.10. The van der Waals surface area contributed by atoms with Crippen molar-refractivity contribution in [3.63, 3.8) is 0 Å². The second-order valence-corrected chi connectivity index (χ2v) is 6.26. The minimum absolute atomic E-state index is 0. The van der Waals surface area contributed by atoms with Crippen LogP contribution in [0, 0.1) is 6.92 Å². The van der Waals surface area contributed by atoms with E-state index in [-0.39, 0.29) is 24.0 Å². The average molecular weight is 490 g/mol. The van der Waals surface area contributed by atoms with E-state index in [9.17, 15) is 0 Å². The number of guanidine groups is 1. The molecule has 0 saturated carbocycles. The lowest BCUT2D eigenvalue weighted by molar-refractivity contribution is 0.795. The number of halogens is 1. The van der Waals surface area contributed by atoms with Gasteiger partial charge in [0, 0.05) is 31.2 Å². The fourth-order valence-electron chi connectivity index (χ4n) is 2.75. The molecule has 6 nitrogen and oxygen atoms in total. The molecule has 0 unspecified atom stereocenters. The Hall–Kier alpha value is -2.42. The normalized spacial score (nSPS) is 11.0. The Morgan fingerprint density at radius 3 is 2.57 bits per heavy atom. The van der Waals surface area contributed by atoms with Crippen LogP contribution in [0.5, 0.6) is 0 Å². The number of hydrogen-bond acceptors (Lipinski definition) is 3. The Bertz CT molecular complexity index is 859. The molecule has 2 N–H and O–H groups in total. The van der Waals surface area contributed by atoms with E-state index in [4.69, 9.17) is 0 Å². The number of hydrogen-bond donors (Lipinski definition) is 2. The fraction of sp³-hybridized carbons (Fsp3) is 0.286. The van der Waals surface area contributed by atoms with Crippen LogP contribution in [0.25, 0.3) is 5.69 Å². The fourth-order valence-corrected chi connectivity index (χ4v) is 2.75. The maximum absolute atomic E-state index is 4.62. The first-order valence-corrected chi connectivity index (χ1v) is 9.28. The molecule has 3 aromatic rings. The highest BCUT2D eigenvalue weighted by Gasteiger charge is 2.01. The molecule has 0 bridgehead atoms. The van der Waals surface area contributed by atoms with Gasteiger partial charge in [-0.1, -0.05) is 18.2 Å². The van der Waals surface area contributed by atoms with Crippen LogP contribution in [0.3, 0.4) is 0 Å². The van der Waals surface area contributed by atoms with Crippen molar-refractivity contribution in [1.82, 2.24) is 25.4 Å². The second-order valence-electron chi connectivity index (χ2n) is 6.26. The monoisotopic (exact) mass is 490 g/mol. The predicted octanol–water partition coefficient (Wildman–Crippen LogP) is 3.49. The summed E-state index contributed by atoms with van der Waals surface area (Å²) in [7, 11) is 0. The topological polar surface area (TPSA) is 67.1 Å². The second kappa shape index (κ2) is 11.4. The number of aromatic nitrogens is 3. The van der Waals surface area contributed by atoms with E-state index in [1.54, 1.807) is 6.20 Å². The lowest BCUT2D eigenvalue weighted by Gasteiger charge is -2.11. The number of benzene rings is 1. The van der Waals surface area contributed by atoms with Crippen LogP contribution in [-0.4, -0.2) is 33.8 Å². The Kier molecular flexibility index (Phi) is 8.93. The number of pyridine rings is 1. The van der Waals surface area contributed by atoms with Crippen LogP contribution in [0.4, 0.5) is 0 Å². The first kappa shape index (κ1) is 21.9. The quantitative estimate of drug-likeness (QED) is 0.302. The summed E-state index contributed by atoms with van der Waals surface area (Å²) in [6, 6.07) is 16.4. The Morgan fingerprint density at radius 2 is 1.89 bits per heavy atom. The van der Waals surface area contributed by atoms with Gasteiger partial charge in [-0.15, -0.1) is 24.0 Å². The Labute approximate surface area is 183 Å². The predicted molar refractivity (Wildman–Crippen MR) is 124 cm³/mol. The van der Waals surface area contributed by atoms with Crippen molar-refractivity contribution < 1.29 is 0 Å². The molecule has 0 radical (unpaired) electrons. The molecule has 3 rings (SSSR count). The molecule has 148 valence electrons. The number of aryl methyl sites for hydroxylation is 1. The highest BCUT2D eigenvalue weighted by Crippen LogP contribution is 2.08. The summed E-state index contributed by atoms with van der Waals surface area (Å²) in [6.45, 7) is 6.26. The van der Waals surface area contributed by atoms with Gasteiger partial charge in [-0.2, -0.15) is 5.10 Å². The van der Waals surface area contributed by atoms with E-state index < -0.39 is 0 Å². The Balaban J connectivity index is 0.00000280. The Morgan fingerprint density at radius 1 is 1.07 bits per heavy atom. The molecule has 2 aromatic heterocycles.